The van der Waals surface area contributed by atoms with E-state index in [0.717, 1.165) is 0 Å². The van der Waals surface area contributed by atoms with Crippen molar-refractivity contribution < 1.29 is 45.5 Å². The van der Waals surface area contributed by atoms with Crippen molar-refractivity contribution >= 4 is 75.8 Å². The first-order chi connectivity index (χ1) is 37.8. The van der Waals surface area contributed by atoms with Crippen molar-refractivity contribution in [2.75, 3.05) is 0 Å². The first-order valence-electron chi connectivity index (χ1n) is 30.2. The van der Waals surface area contributed by atoms with Crippen LogP contribution in [0.15, 0.2) is 186 Å². The zero-order valence-corrected chi connectivity index (χ0v) is 25.4. The smallest absolute Gasteiger partial charge is 0.136 e. The maximum Gasteiger partial charge on any atom is 0.136 e. The van der Waals surface area contributed by atoms with E-state index >= 15 is 0 Å². The van der Waals surface area contributed by atoms with Crippen molar-refractivity contribution in [3.8, 4) is 33.4 Å². The molecule has 0 aliphatic heterocycles. The van der Waals surface area contributed by atoms with Crippen molar-refractivity contribution in [1.29, 1.82) is 0 Å². The molecule has 0 unspecified atom stereocenters. The zero-order chi connectivity index (χ0) is 59.6. The second-order valence-electron chi connectivity index (χ2n) is 11.3. The number of furan rings is 1. The molecule has 1 heterocycles. The molecule has 1 nitrogen and oxygen atoms in total. The van der Waals surface area contributed by atoms with Gasteiger partial charge in [0.2, 0.25) is 0 Å². The van der Waals surface area contributed by atoms with Gasteiger partial charge in [0.05, 0.1) is 41.1 Å². The molecule has 0 saturated carbocycles. The highest BCUT2D eigenvalue weighted by Crippen LogP contribution is 2.46. The molecule has 1 heteroatoms. The van der Waals surface area contributed by atoms with E-state index < -0.39 is 290 Å². The lowest BCUT2D eigenvalue weighted by Gasteiger charge is -2.19. The molecule has 0 N–H and O–H groups in total. The lowest BCUT2D eigenvalue weighted by Crippen LogP contribution is -1.92. The third-order valence-electron chi connectivity index (χ3n) is 8.51. The second kappa shape index (κ2) is 10.9. The molecule has 0 aliphatic rings. The van der Waals surface area contributed by atoms with Crippen LogP contribution >= 0.6 is 0 Å². The molecule has 51 heavy (non-hydrogen) atoms. The average molecular weight is 677 g/mol. The monoisotopic (exact) mass is 676 g/mol. The quantitative estimate of drug-likeness (QED) is 0.134. The zero-order valence-electron chi connectivity index (χ0n) is 55.4. The summed E-state index contributed by atoms with van der Waals surface area (Å²) < 4.78 is 278. The summed E-state index contributed by atoms with van der Waals surface area (Å²) in [4.78, 5) is 0. The van der Waals surface area contributed by atoms with Crippen molar-refractivity contribution in [1.82, 2.24) is 0 Å². The van der Waals surface area contributed by atoms with Crippen LogP contribution < -0.4 is 0 Å². The van der Waals surface area contributed by atoms with E-state index in [1.165, 1.54) is 0 Å². The highest BCUT2D eigenvalue weighted by Gasteiger charge is 2.19. The molecule has 0 atom stereocenters. The third kappa shape index (κ3) is 4.28. The molecule has 10 aromatic carbocycles. The summed E-state index contributed by atoms with van der Waals surface area (Å²) in [6, 6.07) is -28.0. The molecule has 0 fully saturated rings. The molecule has 1 aromatic heterocycles. The van der Waals surface area contributed by atoms with Gasteiger partial charge in [-0.05, 0) is 117 Å². The van der Waals surface area contributed by atoms with Gasteiger partial charge in [-0.2, -0.15) is 0 Å². The summed E-state index contributed by atoms with van der Waals surface area (Å²) in [5.41, 5.74) is -6.00. The third-order valence-corrected chi connectivity index (χ3v) is 8.51. The Morgan fingerprint density at radius 1 is 0.294 bits per heavy atom. The highest BCUT2D eigenvalue weighted by atomic mass is 16.3. The van der Waals surface area contributed by atoms with Gasteiger partial charge >= 0.3 is 0 Å². The van der Waals surface area contributed by atoms with Crippen molar-refractivity contribution in [3.63, 3.8) is 0 Å². The summed E-state index contributed by atoms with van der Waals surface area (Å²) in [5, 5.41) is -7.54. The molecule has 11 aromatic rings. The Morgan fingerprint density at radius 3 is 1.47 bits per heavy atom. The van der Waals surface area contributed by atoms with Crippen LogP contribution in [0.1, 0.15) is 41.1 Å². The SMILES string of the molecule is [2H]c1c([2H])c(-c2c3c([2H])c([2H])c([2H])c([2H])c3c(-c3c([2H])c4c([2H])c([2H])c([2H])c([2H])c4c4c([2H])c([2H])c([2H])c([2H])c34)c3c([2H])c([2H])c([2H])c([2H])c23)c([2H])c([2H])c1-c1c([2H])c([2H])c2oc3c([2H])c4c([2H])c([2H])c([2H])c([2H])c4c([2H])c3c2c1[2H]. The van der Waals surface area contributed by atoms with Gasteiger partial charge in [0.25, 0.3) is 0 Å². The van der Waals surface area contributed by atoms with E-state index in [0.29, 0.717) is 0 Å². The van der Waals surface area contributed by atoms with E-state index in [2.05, 4.69) is 0 Å². The summed E-state index contributed by atoms with van der Waals surface area (Å²) in [7, 11) is 0. The topological polar surface area (TPSA) is 13.1 Å². The minimum atomic E-state index is -1.14. The van der Waals surface area contributed by atoms with Crippen LogP contribution in [-0.4, -0.2) is 0 Å². The maximum atomic E-state index is 9.83. The summed E-state index contributed by atoms with van der Waals surface area (Å²) in [5.74, 6) is 0. The van der Waals surface area contributed by atoms with Gasteiger partial charge in [-0.25, -0.2) is 0 Å². The van der Waals surface area contributed by atoms with Gasteiger partial charge in [0.1, 0.15) is 11.2 Å². The first-order valence-corrected chi connectivity index (χ1v) is 15.2. The number of fused-ring (bicyclic) bond motifs is 9. The van der Waals surface area contributed by atoms with Crippen LogP contribution in [0, 0.1) is 0 Å². The van der Waals surface area contributed by atoms with Gasteiger partial charge in [-0.15, -0.1) is 0 Å². The molecule has 0 bridgehead atoms. The van der Waals surface area contributed by atoms with E-state index in [4.69, 9.17) is 29.1 Å². The Bertz CT molecular complexity index is 4820. The Morgan fingerprint density at radius 2 is 0.784 bits per heavy atom. The highest BCUT2D eigenvalue weighted by molar-refractivity contribution is 6.25. The van der Waals surface area contributed by atoms with Crippen LogP contribution in [-0.2, 0) is 0 Å². The number of rotatable bonds is 3. The largest absolute Gasteiger partial charge is 0.456 e. The van der Waals surface area contributed by atoms with Crippen LogP contribution in [0.4, 0.5) is 0 Å². The Labute approximate surface area is 336 Å². The molecule has 0 aliphatic carbocycles. The summed E-state index contributed by atoms with van der Waals surface area (Å²) in [6.07, 6.45) is 0. The first kappa shape index (κ1) is 11.7. The minimum Gasteiger partial charge on any atom is -0.456 e. The van der Waals surface area contributed by atoms with Crippen molar-refractivity contribution in [3.05, 3.63) is 181 Å². The predicted molar refractivity (Wildman–Crippen MR) is 218 cm³/mol. The standard InChI is InChI=1S/C50H30O/c1-2-12-34-30-48-45(27-33(34)11-1)44-28-35(25-26-47(44)51-48)31-21-23-32(24-22-31)49-40-17-7-9-19-42(40)50(43-20-10-8-18-41(43)49)46-29-36-13-3-4-14-37(36)38-15-5-6-16-39(38)46/h1-30H/i1D,2D,3D,4D,5D,6D,7D,8D,9D,10D,11D,12D,13D,14D,15D,16D,17D,18D,19D,20D,21D,22D,23D,24D,25D,26D,27D,28D,29D,30D. The van der Waals surface area contributed by atoms with Crippen molar-refractivity contribution in [2.24, 2.45) is 0 Å². The van der Waals surface area contributed by atoms with Gasteiger partial charge in [-0.3, -0.25) is 0 Å². The minimum absolute atomic E-state index is 0.436. The average Bonchev–Trinajstić information content (AvgIpc) is 4.00. The van der Waals surface area contributed by atoms with Crippen LogP contribution in [0.5, 0.6) is 0 Å². The van der Waals surface area contributed by atoms with Gasteiger partial charge in [-0.1, -0.05) is 151 Å². The Hall–Kier alpha value is -6.70. The number of benzene rings is 10. The van der Waals surface area contributed by atoms with Crippen molar-refractivity contribution in [2.45, 2.75) is 0 Å². The van der Waals surface area contributed by atoms with Gasteiger partial charge < -0.3 is 4.42 Å². The van der Waals surface area contributed by atoms with Crippen LogP contribution in [0.2, 0.25) is 0 Å². The lowest BCUT2D eigenvalue weighted by molar-refractivity contribution is 0.669. The number of hydrogen-bond donors (Lipinski definition) is 0. The lowest BCUT2D eigenvalue weighted by atomic mass is 9.83. The second-order valence-corrected chi connectivity index (χ2v) is 11.3. The normalized spacial score (nSPS) is 20.2. The molecule has 236 valence electrons. The predicted octanol–water partition coefficient (Wildman–Crippen LogP) is 14.4. The van der Waals surface area contributed by atoms with E-state index in [1.807, 2.05) is 0 Å². The fraction of sp³-hybridized carbons (Fsp3) is 0. The van der Waals surface area contributed by atoms with Gasteiger partial charge in [0, 0.05) is 10.8 Å². The number of hydrogen-bond acceptors (Lipinski definition) is 1. The molecule has 0 spiro atoms. The Kier molecular flexibility index (Phi) is 2.50. The molecular weight excluding hydrogens is 617 g/mol. The summed E-state index contributed by atoms with van der Waals surface area (Å²) in [6.45, 7) is 0. The van der Waals surface area contributed by atoms with Gasteiger partial charge in [0.15, 0.2) is 0 Å². The molecular formula is C50H30O. The maximum absolute atomic E-state index is 9.83. The fourth-order valence-corrected chi connectivity index (χ4v) is 6.33. The molecule has 11 rings (SSSR count). The molecule has 0 amide bonds. The molecule has 0 radical (unpaired) electrons. The van der Waals surface area contributed by atoms with Crippen LogP contribution in [0.3, 0.4) is 0 Å². The van der Waals surface area contributed by atoms with Crippen LogP contribution in [0.25, 0.3) is 109 Å². The van der Waals surface area contributed by atoms with E-state index in [9.17, 15) is 16.4 Å². The fourth-order valence-electron chi connectivity index (χ4n) is 6.33. The van der Waals surface area contributed by atoms with E-state index in [-0.39, 0.29) is 0 Å². The van der Waals surface area contributed by atoms with E-state index in [1.54, 1.807) is 0 Å². The Balaban J connectivity index is 1.36. The molecule has 0 saturated heterocycles. The summed E-state index contributed by atoms with van der Waals surface area (Å²) >= 11 is 0.